The van der Waals surface area contributed by atoms with Crippen molar-refractivity contribution in [1.29, 1.82) is 0 Å². The fraction of sp³-hybridized carbons (Fsp3) is 0.600. The maximum atomic E-state index is 11.9. The number of nitrogens with two attached hydrogens (primary N) is 1. The number of hydrogen-bond acceptors (Lipinski definition) is 13. The second-order valence-corrected chi connectivity index (χ2v) is 9.90. The highest BCUT2D eigenvalue weighted by Crippen LogP contribution is 2.39. The lowest BCUT2D eigenvalue weighted by Gasteiger charge is -2.19. The SMILES string of the molecule is NC(=O)c1ncn([C@@H]2O[C@H](COP(=O)(O)O)[C@@H](O)[C@H]2O)c1NC=NCC(=O)[C@H](O)[C@H](O)COP(=O)(O)O. The van der Waals surface area contributed by atoms with E-state index < -0.39 is 89.5 Å². The van der Waals surface area contributed by atoms with Crippen LogP contribution in [0.25, 0.3) is 0 Å². The molecule has 37 heavy (non-hydrogen) atoms. The van der Waals surface area contributed by atoms with E-state index in [4.69, 9.17) is 30.0 Å². The van der Waals surface area contributed by atoms with Crippen molar-refractivity contribution >= 4 is 39.5 Å². The van der Waals surface area contributed by atoms with Crippen LogP contribution in [0.1, 0.15) is 16.7 Å². The second kappa shape index (κ2) is 12.6. The molecule has 0 radical (unpaired) electrons. The number of nitrogens with zero attached hydrogens (tertiary/aromatic N) is 3. The van der Waals surface area contributed by atoms with Gasteiger partial charge >= 0.3 is 15.6 Å². The van der Waals surface area contributed by atoms with Crippen molar-refractivity contribution in [3.8, 4) is 0 Å². The van der Waals surface area contributed by atoms with Crippen LogP contribution >= 0.6 is 15.6 Å². The first-order valence-electron chi connectivity index (χ1n) is 9.94. The van der Waals surface area contributed by atoms with Crippen molar-refractivity contribution in [1.82, 2.24) is 9.55 Å². The number of hydrogen-bond donors (Lipinski definition) is 10. The summed E-state index contributed by atoms with van der Waals surface area (Å²) in [5, 5.41) is 42.2. The summed E-state index contributed by atoms with van der Waals surface area (Å²) in [5.41, 5.74) is 4.85. The van der Waals surface area contributed by atoms with Gasteiger partial charge in [-0.1, -0.05) is 0 Å². The van der Waals surface area contributed by atoms with Crippen molar-refractivity contribution in [2.24, 2.45) is 10.7 Å². The number of primary amides is 1. The van der Waals surface area contributed by atoms with Gasteiger partial charge in [0.25, 0.3) is 5.91 Å². The number of nitrogens with one attached hydrogen (secondary N) is 1. The van der Waals surface area contributed by atoms with E-state index in [0.29, 0.717) is 0 Å². The average molecular weight is 577 g/mol. The van der Waals surface area contributed by atoms with E-state index in [1.807, 2.05) is 0 Å². The smallest absolute Gasteiger partial charge is 0.388 e. The third-order valence-corrected chi connectivity index (χ3v) is 5.66. The molecule has 1 aromatic rings. The molecule has 1 aliphatic heterocycles. The molecule has 6 atom stereocenters. The number of anilines is 1. The standard InChI is InChI=1S/C15H25N5O15P2/c16-13(26)9-14(18-4-17-1-6(21)10(23)7(22)2-33-36(27,28)29)20(5-19-9)15-12(25)11(24)8(35-15)3-34-37(30,31)32/h4-5,7-8,10-12,15,22-25H,1-3H2,(H2,16,26)(H,17,18)(H2,27,28,29)(H2,30,31,32)/t7-,8-,10+,11-,12-,15-/m1/s1. The zero-order valence-corrected chi connectivity index (χ0v) is 20.3. The normalized spacial score (nSPS) is 24.3. The van der Waals surface area contributed by atoms with Gasteiger partial charge in [-0.15, -0.1) is 0 Å². The minimum atomic E-state index is -4.95. The van der Waals surface area contributed by atoms with Crippen LogP contribution in [0.15, 0.2) is 11.3 Å². The number of phosphoric ester groups is 2. The number of carbonyl (C=O) groups excluding carboxylic acids is 2. The zero-order valence-electron chi connectivity index (χ0n) is 18.5. The molecule has 22 heteroatoms. The summed E-state index contributed by atoms with van der Waals surface area (Å²) in [4.78, 5) is 65.8. The number of Topliss-reactive ketones (excluding diaryl/α,β-unsaturated/α-hetero) is 1. The van der Waals surface area contributed by atoms with Gasteiger partial charge in [-0.3, -0.25) is 28.2 Å². The lowest BCUT2D eigenvalue weighted by atomic mass is 10.1. The van der Waals surface area contributed by atoms with Gasteiger partial charge in [0, 0.05) is 0 Å². The van der Waals surface area contributed by atoms with E-state index in [1.165, 1.54) is 0 Å². The van der Waals surface area contributed by atoms with E-state index in [2.05, 4.69) is 24.3 Å². The van der Waals surface area contributed by atoms with Gasteiger partial charge in [-0.05, 0) is 0 Å². The van der Waals surface area contributed by atoms with Crippen LogP contribution in [0.5, 0.6) is 0 Å². The summed E-state index contributed by atoms with van der Waals surface area (Å²) in [7, 11) is -9.86. The molecule has 1 aliphatic rings. The molecule has 210 valence electrons. The first-order chi connectivity index (χ1) is 17.0. The highest BCUT2D eigenvalue weighted by molar-refractivity contribution is 7.46. The molecule has 1 amide bonds. The topological polar surface area (TPSA) is 326 Å². The van der Waals surface area contributed by atoms with E-state index in [0.717, 1.165) is 17.2 Å². The number of aliphatic hydroxyl groups excluding tert-OH is 4. The van der Waals surface area contributed by atoms with E-state index in [1.54, 1.807) is 0 Å². The van der Waals surface area contributed by atoms with Crippen molar-refractivity contribution in [2.75, 3.05) is 25.1 Å². The van der Waals surface area contributed by atoms with Gasteiger partial charge < -0.3 is 55.8 Å². The summed E-state index contributed by atoms with van der Waals surface area (Å²) in [6, 6.07) is 0. The number of ketones is 1. The van der Waals surface area contributed by atoms with Gasteiger partial charge in [-0.2, -0.15) is 0 Å². The van der Waals surface area contributed by atoms with Crippen molar-refractivity contribution in [2.45, 2.75) is 36.7 Å². The number of aliphatic hydroxyl groups is 4. The summed E-state index contributed by atoms with van der Waals surface area (Å²) >= 11 is 0. The van der Waals surface area contributed by atoms with E-state index >= 15 is 0 Å². The number of phosphoric acid groups is 2. The molecule has 0 unspecified atom stereocenters. The van der Waals surface area contributed by atoms with Gasteiger partial charge in [0.1, 0.15) is 42.9 Å². The molecule has 2 rings (SSSR count). The fourth-order valence-corrected chi connectivity index (χ4v) is 3.65. The Balaban J connectivity index is 2.09. The summed E-state index contributed by atoms with van der Waals surface area (Å²) in [5.74, 6) is -2.37. The largest absolute Gasteiger partial charge is 0.469 e. The van der Waals surface area contributed by atoms with Crippen LogP contribution in [0.4, 0.5) is 5.82 Å². The quantitative estimate of drug-likeness (QED) is 0.0566. The van der Waals surface area contributed by atoms with Gasteiger partial charge in [0.05, 0.1) is 25.9 Å². The lowest BCUT2D eigenvalue weighted by Crippen LogP contribution is -2.38. The Morgan fingerprint density at radius 3 is 2.38 bits per heavy atom. The average Bonchev–Trinajstić information content (AvgIpc) is 3.33. The molecule has 0 aromatic carbocycles. The summed E-state index contributed by atoms with van der Waals surface area (Å²) in [6.07, 6.45) is -8.46. The maximum absolute atomic E-state index is 11.9. The molecule has 0 aliphatic carbocycles. The summed E-state index contributed by atoms with van der Waals surface area (Å²) in [6.45, 7) is -2.60. The van der Waals surface area contributed by atoms with E-state index in [9.17, 15) is 39.1 Å². The Kier molecular flexibility index (Phi) is 10.6. The maximum Gasteiger partial charge on any atom is 0.469 e. The second-order valence-electron chi connectivity index (χ2n) is 7.42. The van der Waals surface area contributed by atoms with Crippen molar-refractivity contribution < 1.29 is 72.5 Å². The molecule has 1 fully saturated rings. The van der Waals surface area contributed by atoms with Crippen LogP contribution < -0.4 is 11.1 Å². The van der Waals surface area contributed by atoms with Crippen LogP contribution in [0, 0.1) is 0 Å². The molecule has 0 spiro atoms. The van der Waals surface area contributed by atoms with Gasteiger partial charge in [0.2, 0.25) is 0 Å². The zero-order chi connectivity index (χ0) is 28.1. The number of aliphatic imine (C=N–C) groups is 1. The predicted molar refractivity (Wildman–Crippen MR) is 117 cm³/mol. The lowest BCUT2D eigenvalue weighted by molar-refractivity contribution is -0.132. The molecule has 0 bridgehead atoms. The van der Waals surface area contributed by atoms with Crippen molar-refractivity contribution in [3.05, 3.63) is 12.0 Å². The Labute approximate surface area is 206 Å². The Hall–Kier alpha value is -2.16. The van der Waals surface area contributed by atoms with Crippen LogP contribution in [-0.2, 0) is 27.7 Å². The van der Waals surface area contributed by atoms with Crippen LogP contribution in [-0.4, -0.2) is 118 Å². The third-order valence-electron chi connectivity index (χ3n) is 4.69. The number of aromatic nitrogens is 2. The number of imidazole rings is 1. The summed E-state index contributed by atoms with van der Waals surface area (Å²) < 4.78 is 36.2. The van der Waals surface area contributed by atoms with Gasteiger partial charge in [0.15, 0.2) is 17.7 Å². The van der Waals surface area contributed by atoms with Crippen LogP contribution in [0.3, 0.4) is 0 Å². The van der Waals surface area contributed by atoms with Crippen molar-refractivity contribution in [3.63, 3.8) is 0 Å². The van der Waals surface area contributed by atoms with Gasteiger partial charge in [-0.25, -0.2) is 14.1 Å². The molecule has 11 N–H and O–H groups in total. The highest BCUT2D eigenvalue weighted by Gasteiger charge is 2.45. The molecule has 2 heterocycles. The molecule has 1 aromatic heterocycles. The Morgan fingerprint density at radius 2 is 1.81 bits per heavy atom. The number of carbonyl (C=O) groups is 2. The Morgan fingerprint density at radius 1 is 1.19 bits per heavy atom. The van der Waals surface area contributed by atoms with E-state index in [-0.39, 0.29) is 5.82 Å². The number of ether oxygens (including phenoxy) is 1. The number of amides is 1. The first kappa shape index (κ1) is 31.1. The minimum Gasteiger partial charge on any atom is -0.388 e. The molecule has 0 saturated carbocycles. The monoisotopic (exact) mass is 577 g/mol. The first-order valence-corrected chi connectivity index (χ1v) is 13.0. The highest BCUT2D eigenvalue weighted by atomic mass is 31.2. The fourth-order valence-electron chi connectivity index (χ4n) is 2.96. The molecular formula is C15H25N5O15P2. The molecular weight excluding hydrogens is 552 g/mol. The molecule has 1 saturated heterocycles. The minimum absolute atomic E-state index is 0.243. The number of rotatable bonds is 14. The predicted octanol–water partition coefficient (Wildman–Crippen LogP) is -4.45. The third kappa shape index (κ3) is 8.97. The Bertz CT molecular complexity index is 1090. The molecule has 20 nitrogen and oxygen atoms in total. The van der Waals surface area contributed by atoms with Crippen LogP contribution in [0.2, 0.25) is 0 Å².